The fourth-order valence-electron chi connectivity index (χ4n) is 4.14. The highest BCUT2D eigenvalue weighted by Crippen LogP contribution is 2.33. The lowest BCUT2D eigenvalue weighted by molar-refractivity contribution is -0.123. The fourth-order valence-corrected chi connectivity index (χ4v) is 6.30. The van der Waals surface area contributed by atoms with Gasteiger partial charge in [-0.25, -0.2) is 8.42 Å². The summed E-state index contributed by atoms with van der Waals surface area (Å²) in [7, 11) is -3.21. The average molecular weight is 405 g/mol. The minimum Gasteiger partial charge on any atom is -0.306 e. The maximum Gasteiger partial charge on any atom is 0.241 e. The van der Waals surface area contributed by atoms with Gasteiger partial charge in [-0.15, -0.1) is 0 Å². The van der Waals surface area contributed by atoms with E-state index >= 15 is 0 Å². The molecular formula is C20H21ClN2O3S. The smallest absolute Gasteiger partial charge is 0.241 e. The first-order valence-electron chi connectivity index (χ1n) is 8.90. The second kappa shape index (κ2) is 6.93. The third kappa shape index (κ3) is 3.74. The van der Waals surface area contributed by atoms with Crippen LogP contribution in [-0.4, -0.2) is 49.4 Å². The Balaban J connectivity index is 1.68. The van der Waals surface area contributed by atoms with Crippen molar-refractivity contribution in [2.24, 2.45) is 0 Å². The Labute approximate surface area is 164 Å². The first-order chi connectivity index (χ1) is 12.8. The van der Waals surface area contributed by atoms with Crippen molar-refractivity contribution in [3.8, 4) is 0 Å². The SMILES string of the molecule is Cc1cccc(CN2CC(=O)N(c3cccc(Cl)c3)C3CS(=O)(=O)CC32)c1. The van der Waals surface area contributed by atoms with Crippen molar-refractivity contribution in [2.75, 3.05) is 23.0 Å². The van der Waals surface area contributed by atoms with E-state index in [1.807, 2.05) is 36.1 Å². The molecule has 2 aromatic rings. The van der Waals surface area contributed by atoms with Gasteiger partial charge in [-0.05, 0) is 30.7 Å². The van der Waals surface area contributed by atoms with E-state index in [4.69, 9.17) is 11.6 Å². The molecule has 0 aliphatic carbocycles. The van der Waals surface area contributed by atoms with E-state index < -0.39 is 9.84 Å². The van der Waals surface area contributed by atoms with Gasteiger partial charge in [0.1, 0.15) is 0 Å². The molecule has 27 heavy (non-hydrogen) atoms. The van der Waals surface area contributed by atoms with Gasteiger partial charge < -0.3 is 4.90 Å². The van der Waals surface area contributed by atoms with Crippen molar-refractivity contribution >= 4 is 33.0 Å². The van der Waals surface area contributed by atoms with Crippen LogP contribution in [0.3, 0.4) is 0 Å². The lowest BCUT2D eigenvalue weighted by Gasteiger charge is -2.43. The highest BCUT2D eigenvalue weighted by molar-refractivity contribution is 7.91. The number of fused-ring (bicyclic) bond motifs is 1. The van der Waals surface area contributed by atoms with Crippen LogP contribution in [-0.2, 0) is 21.2 Å². The van der Waals surface area contributed by atoms with Gasteiger partial charge in [0.05, 0.1) is 24.1 Å². The molecular weight excluding hydrogens is 384 g/mol. The van der Waals surface area contributed by atoms with E-state index in [9.17, 15) is 13.2 Å². The van der Waals surface area contributed by atoms with Gasteiger partial charge in [-0.2, -0.15) is 0 Å². The molecule has 1 amide bonds. The molecule has 2 aromatic carbocycles. The molecule has 0 saturated carbocycles. The lowest BCUT2D eigenvalue weighted by atomic mass is 10.0. The number of piperazine rings is 1. The minimum absolute atomic E-state index is 0.0137. The van der Waals surface area contributed by atoms with E-state index in [1.54, 1.807) is 23.1 Å². The molecule has 0 N–H and O–H groups in total. The quantitative estimate of drug-likeness (QED) is 0.789. The molecule has 142 valence electrons. The van der Waals surface area contributed by atoms with Gasteiger partial charge >= 0.3 is 0 Å². The van der Waals surface area contributed by atoms with E-state index in [-0.39, 0.29) is 36.0 Å². The summed E-state index contributed by atoms with van der Waals surface area (Å²) >= 11 is 6.09. The van der Waals surface area contributed by atoms with E-state index in [0.717, 1.165) is 11.1 Å². The summed E-state index contributed by atoms with van der Waals surface area (Å²) in [5, 5.41) is 0.528. The van der Waals surface area contributed by atoms with Gasteiger partial charge in [0, 0.05) is 23.3 Å². The first kappa shape index (κ1) is 18.5. The minimum atomic E-state index is -3.21. The largest absolute Gasteiger partial charge is 0.306 e. The first-order valence-corrected chi connectivity index (χ1v) is 11.1. The monoisotopic (exact) mass is 404 g/mol. The maximum absolute atomic E-state index is 13.0. The Hall–Kier alpha value is -1.89. The van der Waals surface area contributed by atoms with Gasteiger partial charge in [-0.1, -0.05) is 47.5 Å². The number of anilines is 1. The number of rotatable bonds is 3. The molecule has 5 nitrogen and oxygen atoms in total. The fraction of sp³-hybridized carbons (Fsp3) is 0.350. The summed E-state index contributed by atoms with van der Waals surface area (Å²) in [6.07, 6.45) is 0. The number of carbonyl (C=O) groups excluding carboxylic acids is 1. The molecule has 0 spiro atoms. The van der Waals surface area contributed by atoms with E-state index in [1.165, 1.54) is 0 Å². The maximum atomic E-state index is 13.0. The Morgan fingerprint density at radius 3 is 2.56 bits per heavy atom. The van der Waals surface area contributed by atoms with Crippen LogP contribution < -0.4 is 4.90 Å². The molecule has 0 bridgehead atoms. The molecule has 2 atom stereocenters. The summed E-state index contributed by atoms with van der Waals surface area (Å²) in [5.74, 6) is -0.0306. The van der Waals surface area contributed by atoms with E-state index in [0.29, 0.717) is 17.3 Å². The van der Waals surface area contributed by atoms with Crippen molar-refractivity contribution in [2.45, 2.75) is 25.6 Å². The Morgan fingerprint density at radius 1 is 1.07 bits per heavy atom. The second-order valence-corrected chi connectivity index (χ2v) is 9.94. The summed E-state index contributed by atoms with van der Waals surface area (Å²) in [5.41, 5.74) is 2.89. The molecule has 2 aliphatic rings. The highest BCUT2D eigenvalue weighted by atomic mass is 35.5. The third-order valence-corrected chi connectivity index (χ3v) is 7.19. The number of sulfone groups is 1. The lowest BCUT2D eigenvalue weighted by Crippen LogP contribution is -2.61. The summed E-state index contributed by atoms with van der Waals surface area (Å²) in [4.78, 5) is 16.6. The number of aryl methyl sites for hydroxylation is 1. The Bertz CT molecular complexity index is 992. The summed E-state index contributed by atoms with van der Waals surface area (Å²) in [6, 6.07) is 14.5. The third-order valence-electron chi connectivity index (χ3n) is 5.26. The normalized spacial score (nSPS) is 24.8. The van der Waals surface area contributed by atoms with Gasteiger partial charge in [-0.3, -0.25) is 9.69 Å². The summed E-state index contributed by atoms with van der Waals surface area (Å²) < 4.78 is 24.8. The van der Waals surface area contributed by atoms with Gasteiger partial charge in [0.15, 0.2) is 9.84 Å². The molecule has 0 radical (unpaired) electrons. The van der Waals surface area contributed by atoms with Crippen LogP contribution in [0, 0.1) is 6.92 Å². The van der Waals surface area contributed by atoms with Crippen LogP contribution in [0.4, 0.5) is 5.69 Å². The molecule has 2 heterocycles. The standard InChI is InChI=1S/C20H21ClN2O3S/c1-14-4-2-5-15(8-14)10-22-11-20(24)23(17-7-3-6-16(21)9-17)19-13-27(25,26)12-18(19)22/h2-9,18-19H,10-13H2,1H3. The van der Waals surface area contributed by atoms with Crippen molar-refractivity contribution < 1.29 is 13.2 Å². The van der Waals surface area contributed by atoms with Crippen molar-refractivity contribution in [3.05, 3.63) is 64.7 Å². The van der Waals surface area contributed by atoms with Crippen molar-refractivity contribution in [1.29, 1.82) is 0 Å². The number of halogens is 1. The van der Waals surface area contributed by atoms with Crippen LogP contribution in [0.5, 0.6) is 0 Å². The number of benzene rings is 2. The zero-order valence-electron chi connectivity index (χ0n) is 15.0. The molecule has 2 saturated heterocycles. The highest BCUT2D eigenvalue weighted by Gasteiger charge is 2.49. The predicted octanol–water partition coefficient (Wildman–Crippen LogP) is 2.66. The molecule has 0 aromatic heterocycles. The Morgan fingerprint density at radius 2 is 1.81 bits per heavy atom. The van der Waals surface area contributed by atoms with Crippen LogP contribution in [0.2, 0.25) is 5.02 Å². The van der Waals surface area contributed by atoms with Crippen molar-refractivity contribution in [3.63, 3.8) is 0 Å². The topological polar surface area (TPSA) is 57.7 Å². The molecule has 4 rings (SSSR count). The predicted molar refractivity (Wildman–Crippen MR) is 107 cm³/mol. The zero-order chi connectivity index (χ0) is 19.2. The van der Waals surface area contributed by atoms with Crippen LogP contribution in [0.15, 0.2) is 48.5 Å². The number of amides is 1. The van der Waals surface area contributed by atoms with Gasteiger partial charge in [0.25, 0.3) is 0 Å². The van der Waals surface area contributed by atoms with Crippen LogP contribution in [0.1, 0.15) is 11.1 Å². The average Bonchev–Trinajstić information content (AvgIpc) is 2.90. The van der Waals surface area contributed by atoms with Gasteiger partial charge in [0.2, 0.25) is 5.91 Å². The Kier molecular flexibility index (Phi) is 4.74. The van der Waals surface area contributed by atoms with Crippen molar-refractivity contribution in [1.82, 2.24) is 4.90 Å². The second-order valence-electron chi connectivity index (χ2n) is 7.35. The zero-order valence-corrected chi connectivity index (χ0v) is 16.6. The number of carbonyl (C=O) groups is 1. The number of hydrogen-bond acceptors (Lipinski definition) is 4. The molecule has 7 heteroatoms. The molecule has 2 fully saturated rings. The summed E-state index contributed by atoms with van der Waals surface area (Å²) in [6.45, 7) is 2.78. The van der Waals surface area contributed by atoms with Crippen LogP contribution >= 0.6 is 11.6 Å². The number of hydrogen-bond donors (Lipinski definition) is 0. The molecule has 2 unspecified atom stereocenters. The van der Waals surface area contributed by atoms with E-state index in [2.05, 4.69) is 6.07 Å². The number of nitrogens with zero attached hydrogens (tertiary/aromatic N) is 2. The molecule has 2 aliphatic heterocycles. The van der Waals surface area contributed by atoms with Crippen LogP contribution in [0.25, 0.3) is 0 Å².